The van der Waals surface area contributed by atoms with E-state index >= 15 is 0 Å². The van der Waals surface area contributed by atoms with Crippen molar-refractivity contribution in [2.24, 2.45) is 11.8 Å². The van der Waals surface area contributed by atoms with Gasteiger partial charge in [0, 0.05) is 24.6 Å². The van der Waals surface area contributed by atoms with Crippen LogP contribution in [-0.2, 0) is 4.74 Å². The molecule has 5 rings (SSSR count). The van der Waals surface area contributed by atoms with Crippen LogP contribution < -0.4 is 10.6 Å². The first-order valence-corrected chi connectivity index (χ1v) is 15.3. The van der Waals surface area contributed by atoms with Crippen LogP contribution in [0.5, 0.6) is 0 Å². The summed E-state index contributed by atoms with van der Waals surface area (Å²) in [5.41, 5.74) is 1.68. The lowest BCUT2D eigenvalue weighted by Gasteiger charge is -2.28. The second-order valence-electron chi connectivity index (χ2n) is 12.8. The molecule has 0 aliphatic carbocycles. The van der Waals surface area contributed by atoms with E-state index in [2.05, 4.69) is 60.0 Å². The zero-order valence-electron chi connectivity index (χ0n) is 25.8. The number of carbonyl (C=O) groups is 2. The fourth-order valence-corrected chi connectivity index (χ4v) is 5.27. The van der Waals surface area contributed by atoms with Gasteiger partial charge in [-0.1, -0.05) is 86.6 Å². The van der Waals surface area contributed by atoms with E-state index in [1.165, 1.54) is 29.2 Å². The van der Waals surface area contributed by atoms with Gasteiger partial charge >= 0.3 is 6.09 Å². The van der Waals surface area contributed by atoms with Crippen LogP contribution in [0.2, 0.25) is 0 Å². The van der Waals surface area contributed by atoms with Gasteiger partial charge in [-0.2, -0.15) is 0 Å². The highest BCUT2D eigenvalue weighted by Crippen LogP contribution is 2.28. The summed E-state index contributed by atoms with van der Waals surface area (Å²) in [6, 6.07) is 29.8. The van der Waals surface area contributed by atoms with Gasteiger partial charge in [0.1, 0.15) is 5.60 Å². The van der Waals surface area contributed by atoms with E-state index in [1.807, 2.05) is 70.2 Å². The van der Waals surface area contributed by atoms with E-state index in [-0.39, 0.29) is 11.7 Å². The molecule has 5 heteroatoms. The van der Waals surface area contributed by atoms with Crippen molar-refractivity contribution >= 4 is 33.4 Å². The Balaban J connectivity index is 0.000000206. The first kappa shape index (κ1) is 31.2. The Kier molecular flexibility index (Phi) is 10.8. The number of nitrogens with one attached hydrogen (secondary N) is 2. The second kappa shape index (κ2) is 14.5. The summed E-state index contributed by atoms with van der Waals surface area (Å²) in [5.74, 6) is 1.17. The highest BCUT2D eigenvalue weighted by atomic mass is 16.6. The lowest BCUT2D eigenvalue weighted by molar-refractivity contribution is 0.0520. The number of piperidine rings is 1. The molecule has 5 nitrogen and oxygen atoms in total. The average molecular weight is 567 g/mol. The summed E-state index contributed by atoms with van der Waals surface area (Å²) in [6.07, 6.45) is 3.38. The quantitative estimate of drug-likeness (QED) is 0.219. The van der Waals surface area contributed by atoms with Crippen molar-refractivity contribution in [3.63, 3.8) is 0 Å². The predicted octanol–water partition coefficient (Wildman–Crippen LogP) is 8.86. The number of ketones is 1. The third kappa shape index (κ3) is 9.42. The maximum Gasteiger partial charge on any atom is 0.407 e. The van der Waals surface area contributed by atoms with Crippen molar-refractivity contribution in [1.29, 1.82) is 0 Å². The highest BCUT2D eigenvalue weighted by molar-refractivity contribution is 5.99. The predicted molar refractivity (Wildman–Crippen MR) is 174 cm³/mol. The van der Waals surface area contributed by atoms with Crippen LogP contribution in [0.25, 0.3) is 21.5 Å². The minimum Gasteiger partial charge on any atom is -0.444 e. The molecule has 0 saturated carbocycles. The van der Waals surface area contributed by atoms with Gasteiger partial charge in [-0.05, 0) is 97.7 Å². The number of hydrogen-bond donors (Lipinski definition) is 2. The van der Waals surface area contributed by atoms with E-state index in [0.717, 1.165) is 35.2 Å². The molecule has 0 radical (unpaired) electrons. The van der Waals surface area contributed by atoms with Gasteiger partial charge in [0.2, 0.25) is 0 Å². The average Bonchev–Trinajstić information content (AvgIpc) is 2.98. The summed E-state index contributed by atoms with van der Waals surface area (Å²) in [5, 5.41) is 11.3. The topological polar surface area (TPSA) is 67.4 Å². The largest absolute Gasteiger partial charge is 0.444 e. The molecule has 1 heterocycles. The van der Waals surface area contributed by atoms with Crippen LogP contribution in [0, 0.1) is 11.8 Å². The number of alkyl carbamates (subject to hydrolysis) is 1. The Bertz CT molecular complexity index is 1480. The summed E-state index contributed by atoms with van der Waals surface area (Å²) >= 11 is 0. The molecular formula is C37H46N2O3. The Hall–Kier alpha value is -3.70. The Morgan fingerprint density at radius 1 is 0.881 bits per heavy atom. The molecular weight excluding hydrogens is 520 g/mol. The molecule has 42 heavy (non-hydrogen) atoms. The molecule has 3 atom stereocenters. The summed E-state index contributed by atoms with van der Waals surface area (Å²) in [4.78, 5) is 24.1. The van der Waals surface area contributed by atoms with Crippen molar-refractivity contribution in [3.05, 3.63) is 96.1 Å². The summed E-state index contributed by atoms with van der Waals surface area (Å²) < 4.78 is 5.21. The van der Waals surface area contributed by atoms with E-state index < -0.39 is 11.7 Å². The smallest absolute Gasteiger partial charge is 0.407 e. The van der Waals surface area contributed by atoms with Gasteiger partial charge in [0.05, 0.1) is 0 Å². The van der Waals surface area contributed by atoms with Crippen LogP contribution >= 0.6 is 0 Å². The Morgan fingerprint density at radius 3 is 2.12 bits per heavy atom. The zero-order chi connectivity index (χ0) is 30.1. The van der Waals surface area contributed by atoms with Gasteiger partial charge in [-0.3, -0.25) is 4.79 Å². The molecule has 1 fully saturated rings. The number of hydrogen-bond acceptors (Lipinski definition) is 4. The molecule has 0 bridgehead atoms. The van der Waals surface area contributed by atoms with Crippen LogP contribution in [0.15, 0.2) is 84.9 Å². The fraction of sp³-hybridized carbons (Fsp3) is 0.405. The number of Topliss-reactive ketones (excluding diaryl/α,β-unsaturated/α-hetero) is 1. The molecule has 1 amide bonds. The van der Waals surface area contributed by atoms with E-state index in [0.29, 0.717) is 19.0 Å². The third-order valence-electron chi connectivity index (χ3n) is 7.77. The van der Waals surface area contributed by atoms with Crippen molar-refractivity contribution in [2.45, 2.75) is 71.9 Å². The molecule has 0 spiro atoms. The Morgan fingerprint density at radius 2 is 1.50 bits per heavy atom. The van der Waals surface area contributed by atoms with Crippen LogP contribution in [-0.4, -0.2) is 30.6 Å². The van der Waals surface area contributed by atoms with Gasteiger partial charge in [-0.15, -0.1) is 0 Å². The van der Waals surface area contributed by atoms with Gasteiger partial charge in [0.25, 0.3) is 0 Å². The number of benzene rings is 4. The first-order valence-electron chi connectivity index (χ1n) is 15.3. The molecule has 3 unspecified atom stereocenters. The highest BCUT2D eigenvalue weighted by Gasteiger charge is 2.19. The van der Waals surface area contributed by atoms with Crippen molar-refractivity contribution < 1.29 is 14.3 Å². The molecule has 1 aliphatic heterocycles. The third-order valence-corrected chi connectivity index (χ3v) is 7.77. The molecule has 1 saturated heterocycles. The summed E-state index contributed by atoms with van der Waals surface area (Å²) in [6.45, 7) is 11.5. The molecule has 4 aromatic carbocycles. The van der Waals surface area contributed by atoms with Crippen molar-refractivity contribution in [2.75, 3.05) is 13.1 Å². The molecule has 222 valence electrons. The minimum absolute atomic E-state index is 0.134. The lowest BCUT2D eigenvalue weighted by atomic mass is 9.91. The van der Waals surface area contributed by atoms with Crippen LogP contribution in [0.1, 0.15) is 82.3 Å². The number of carbonyl (C=O) groups excluding carboxylic acids is 2. The zero-order valence-corrected chi connectivity index (χ0v) is 25.8. The van der Waals surface area contributed by atoms with Gasteiger partial charge < -0.3 is 15.4 Å². The van der Waals surface area contributed by atoms with Crippen LogP contribution in [0.3, 0.4) is 0 Å². The second-order valence-corrected chi connectivity index (χ2v) is 12.8. The number of rotatable bonds is 7. The number of fused-ring (bicyclic) bond motifs is 2. The van der Waals surface area contributed by atoms with Crippen molar-refractivity contribution in [3.8, 4) is 0 Å². The van der Waals surface area contributed by atoms with Gasteiger partial charge in [-0.25, -0.2) is 4.79 Å². The maximum atomic E-state index is 12.4. The van der Waals surface area contributed by atoms with E-state index in [9.17, 15) is 9.59 Å². The van der Waals surface area contributed by atoms with E-state index in [1.54, 1.807) is 0 Å². The monoisotopic (exact) mass is 566 g/mol. The number of amides is 1. The summed E-state index contributed by atoms with van der Waals surface area (Å²) in [7, 11) is 0. The normalized spacial score (nSPS) is 17.6. The van der Waals surface area contributed by atoms with Gasteiger partial charge in [0.15, 0.2) is 5.78 Å². The van der Waals surface area contributed by atoms with E-state index in [4.69, 9.17) is 4.74 Å². The minimum atomic E-state index is -0.501. The standard InChI is InChI=1S/C21H27NO3.C16H19N/c1-15(14-22-20(24)25-21(2,3)4)9-12-19(23)18-11-10-16-7-5-6-8-17(16)13-18;1-12-6-9-16(17-11-12)15-8-7-13-4-2-3-5-14(13)10-15/h5-8,10-11,13,15H,9,12,14H2,1-4H3,(H,22,24);2-5,7-8,10,12,16-17H,6,9,11H2,1H3. The molecule has 4 aromatic rings. The fourth-order valence-electron chi connectivity index (χ4n) is 5.27. The van der Waals surface area contributed by atoms with Crippen LogP contribution in [0.4, 0.5) is 4.79 Å². The van der Waals surface area contributed by atoms with Crippen molar-refractivity contribution in [1.82, 2.24) is 10.6 Å². The molecule has 0 aromatic heterocycles. The Labute approximate surface area is 251 Å². The maximum absolute atomic E-state index is 12.4. The molecule has 2 N–H and O–H groups in total. The molecule has 1 aliphatic rings. The SMILES string of the molecule is CC(CCC(=O)c1ccc2ccccc2c1)CNC(=O)OC(C)(C)C.CC1CCC(c2ccc3ccccc3c2)NC1. The lowest BCUT2D eigenvalue weighted by Crippen LogP contribution is -2.34. The number of ether oxygens (including phenoxy) is 1. The first-order chi connectivity index (χ1) is 20.1.